The average Bonchev–Trinajstić information content (AvgIpc) is 2.51. The number of benzene rings is 2. The Morgan fingerprint density at radius 1 is 1.14 bits per heavy atom. The summed E-state index contributed by atoms with van der Waals surface area (Å²) in [6.07, 6.45) is 1.82. The van der Waals surface area contributed by atoms with Crippen molar-refractivity contribution in [1.29, 1.82) is 0 Å². The molecule has 1 atom stereocenters. The van der Waals surface area contributed by atoms with Crippen molar-refractivity contribution in [1.82, 2.24) is 10.4 Å². The second-order valence-electron chi connectivity index (χ2n) is 4.73. The molecule has 21 heavy (non-hydrogen) atoms. The number of aromatic nitrogens is 1. The summed E-state index contributed by atoms with van der Waals surface area (Å²) < 4.78 is 0.955. The monoisotopic (exact) mass is 361 g/mol. The number of para-hydroxylation sites is 1. The molecule has 0 saturated heterocycles. The third-order valence-electron chi connectivity index (χ3n) is 3.38. The lowest BCUT2D eigenvalue weighted by Crippen LogP contribution is -2.29. The lowest BCUT2D eigenvalue weighted by Gasteiger charge is -2.18. The zero-order chi connectivity index (χ0) is 14.8. The topological polar surface area (TPSA) is 50.9 Å². The SMILES string of the molecule is NNC(c1cnc2ccccc2c1)c1cc(Br)ccc1Cl. The van der Waals surface area contributed by atoms with Crippen LogP contribution in [0.3, 0.4) is 0 Å². The minimum absolute atomic E-state index is 0.216. The molecule has 0 saturated carbocycles. The van der Waals surface area contributed by atoms with Gasteiger partial charge in [0.05, 0.1) is 11.6 Å². The molecule has 0 amide bonds. The van der Waals surface area contributed by atoms with Crippen LogP contribution in [0.2, 0.25) is 5.02 Å². The quantitative estimate of drug-likeness (QED) is 0.542. The fraction of sp³-hybridized carbons (Fsp3) is 0.0625. The fourth-order valence-corrected chi connectivity index (χ4v) is 2.95. The molecule has 0 spiro atoms. The minimum atomic E-state index is -0.216. The van der Waals surface area contributed by atoms with Gasteiger partial charge in [0.1, 0.15) is 0 Å². The van der Waals surface area contributed by atoms with Gasteiger partial charge in [0.15, 0.2) is 0 Å². The molecule has 3 rings (SSSR count). The highest BCUT2D eigenvalue weighted by atomic mass is 79.9. The number of nitrogens with one attached hydrogen (secondary N) is 1. The molecule has 5 heteroatoms. The third-order valence-corrected chi connectivity index (χ3v) is 4.22. The Labute approximate surface area is 136 Å². The van der Waals surface area contributed by atoms with Crippen LogP contribution in [0.1, 0.15) is 17.2 Å². The van der Waals surface area contributed by atoms with Gasteiger partial charge >= 0.3 is 0 Å². The van der Waals surface area contributed by atoms with E-state index in [2.05, 4.69) is 32.4 Å². The Morgan fingerprint density at radius 2 is 1.95 bits per heavy atom. The van der Waals surface area contributed by atoms with Gasteiger partial charge in [0.25, 0.3) is 0 Å². The van der Waals surface area contributed by atoms with E-state index >= 15 is 0 Å². The number of pyridine rings is 1. The molecule has 106 valence electrons. The van der Waals surface area contributed by atoms with E-state index < -0.39 is 0 Å². The Hall–Kier alpha value is -1.46. The first kappa shape index (κ1) is 14.5. The molecule has 3 aromatic rings. The minimum Gasteiger partial charge on any atom is -0.271 e. The van der Waals surface area contributed by atoms with Gasteiger partial charge in [-0.05, 0) is 41.5 Å². The van der Waals surface area contributed by atoms with E-state index in [0.29, 0.717) is 5.02 Å². The third kappa shape index (κ3) is 2.94. The van der Waals surface area contributed by atoms with Gasteiger partial charge in [-0.15, -0.1) is 0 Å². The van der Waals surface area contributed by atoms with E-state index in [9.17, 15) is 0 Å². The maximum absolute atomic E-state index is 6.30. The van der Waals surface area contributed by atoms with Crippen LogP contribution in [0, 0.1) is 0 Å². The summed E-state index contributed by atoms with van der Waals surface area (Å²) in [5, 5.41) is 1.73. The molecule has 1 heterocycles. The Kier molecular flexibility index (Phi) is 4.22. The summed E-state index contributed by atoms with van der Waals surface area (Å²) in [5.41, 5.74) is 5.65. The maximum atomic E-state index is 6.30. The van der Waals surface area contributed by atoms with Gasteiger partial charge in [-0.2, -0.15) is 0 Å². The van der Waals surface area contributed by atoms with Crippen molar-refractivity contribution in [2.24, 2.45) is 5.84 Å². The van der Waals surface area contributed by atoms with Gasteiger partial charge in [0, 0.05) is 21.1 Å². The predicted molar refractivity (Wildman–Crippen MR) is 90.1 cm³/mol. The van der Waals surface area contributed by atoms with Gasteiger partial charge in [-0.25, -0.2) is 5.43 Å². The fourth-order valence-electron chi connectivity index (χ4n) is 2.35. The van der Waals surface area contributed by atoms with Crippen molar-refractivity contribution < 1.29 is 0 Å². The van der Waals surface area contributed by atoms with E-state index in [-0.39, 0.29) is 6.04 Å². The number of hydrogen-bond donors (Lipinski definition) is 2. The molecule has 3 N–H and O–H groups in total. The number of nitrogens with two attached hydrogens (primary N) is 1. The summed E-state index contributed by atoms with van der Waals surface area (Å²) >= 11 is 9.76. The molecule has 1 aromatic heterocycles. The van der Waals surface area contributed by atoms with Gasteiger partial charge < -0.3 is 0 Å². The van der Waals surface area contributed by atoms with Crippen LogP contribution >= 0.6 is 27.5 Å². The smallest absolute Gasteiger partial charge is 0.0740 e. The summed E-state index contributed by atoms with van der Waals surface area (Å²) in [6, 6.07) is 15.5. The first-order valence-electron chi connectivity index (χ1n) is 6.45. The first-order valence-corrected chi connectivity index (χ1v) is 7.62. The summed E-state index contributed by atoms with van der Waals surface area (Å²) in [5.74, 6) is 5.75. The number of fused-ring (bicyclic) bond motifs is 1. The second kappa shape index (κ2) is 6.12. The standard InChI is InChI=1S/C16H13BrClN3/c17-12-5-6-14(18)13(8-12)16(21-19)11-7-10-3-1-2-4-15(10)20-9-11/h1-9,16,21H,19H2. The van der Waals surface area contributed by atoms with Crippen molar-refractivity contribution in [3.05, 3.63) is 75.4 Å². The van der Waals surface area contributed by atoms with E-state index in [1.165, 1.54) is 0 Å². The van der Waals surface area contributed by atoms with Gasteiger partial charge in [-0.1, -0.05) is 45.7 Å². The summed E-state index contributed by atoms with van der Waals surface area (Å²) in [7, 11) is 0. The average molecular weight is 363 g/mol. The predicted octanol–water partition coefficient (Wildman–Crippen LogP) is 4.20. The van der Waals surface area contributed by atoms with E-state index in [4.69, 9.17) is 17.4 Å². The Balaban J connectivity index is 2.11. The number of hydrazine groups is 1. The lowest BCUT2D eigenvalue weighted by atomic mass is 9.99. The van der Waals surface area contributed by atoms with Crippen molar-refractivity contribution in [3.63, 3.8) is 0 Å². The molecule has 0 radical (unpaired) electrons. The lowest BCUT2D eigenvalue weighted by molar-refractivity contribution is 0.635. The number of halogens is 2. The maximum Gasteiger partial charge on any atom is 0.0740 e. The van der Waals surface area contributed by atoms with E-state index in [1.807, 2.05) is 48.7 Å². The molecular weight excluding hydrogens is 350 g/mol. The van der Waals surface area contributed by atoms with E-state index in [0.717, 1.165) is 26.5 Å². The van der Waals surface area contributed by atoms with Gasteiger partial charge in [-0.3, -0.25) is 10.8 Å². The zero-order valence-corrected chi connectivity index (χ0v) is 13.4. The zero-order valence-electron chi connectivity index (χ0n) is 11.1. The highest BCUT2D eigenvalue weighted by Gasteiger charge is 2.17. The van der Waals surface area contributed by atoms with Crippen molar-refractivity contribution in [3.8, 4) is 0 Å². The first-order chi connectivity index (χ1) is 10.2. The molecule has 0 aliphatic rings. The molecule has 0 bridgehead atoms. The van der Waals surface area contributed by atoms with Gasteiger partial charge in [0.2, 0.25) is 0 Å². The summed E-state index contributed by atoms with van der Waals surface area (Å²) in [4.78, 5) is 4.48. The van der Waals surface area contributed by atoms with Crippen LogP contribution in [0.25, 0.3) is 10.9 Å². The number of nitrogens with zero attached hydrogens (tertiary/aromatic N) is 1. The molecule has 2 aromatic carbocycles. The van der Waals surface area contributed by atoms with Crippen LogP contribution in [-0.2, 0) is 0 Å². The van der Waals surface area contributed by atoms with Crippen molar-refractivity contribution in [2.45, 2.75) is 6.04 Å². The molecular formula is C16H13BrClN3. The highest BCUT2D eigenvalue weighted by molar-refractivity contribution is 9.10. The Morgan fingerprint density at radius 3 is 2.76 bits per heavy atom. The van der Waals surface area contributed by atoms with Crippen LogP contribution in [0.15, 0.2) is 59.2 Å². The van der Waals surface area contributed by atoms with Crippen LogP contribution in [0.4, 0.5) is 0 Å². The number of hydrogen-bond acceptors (Lipinski definition) is 3. The van der Waals surface area contributed by atoms with Crippen molar-refractivity contribution >= 4 is 38.4 Å². The van der Waals surface area contributed by atoms with E-state index in [1.54, 1.807) is 0 Å². The molecule has 1 unspecified atom stereocenters. The Bertz CT molecular complexity index is 791. The highest BCUT2D eigenvalue weighted by Crippen LogP contribution is 2.31. The van der Waals surface area contributed by atoms with Crippen LogP contribution in [0.5, 0.6) is 0 Å². The summed E-state index contributed by atoms with van der Waals surface area (Å²) in [6.45, 7) is 0. The molecule has 3 nitrogen and oxygen atoms in total. The number of rotatable bonds is 3. The largest absolute Gasteiger partial charge is 0.271 e. The second-order valence-corrected chi connectivity index (χ2v) is 6.05. The van der Waals surface area contributed by atoms with Crippen molar-refractivity contribution in [2.75, 3.05) is 0 Å². The molecule has 0 aliphatic carbocycles. The van der Waals surface area contributed by atoms with Crippen LogP contribution in [-0.4, -0.2) is 4.98 Å². The normalized spacial score (nSPS) is 12.5. The molecule has 0 fully saturated rings. The molecule has 0 aliphatic heterocycles. The van der Waals surface area contributed by atoms with Crippen LogP contribution < -0.4 is 11.3 Å².